The predicted octanol–water partition coefficient (Wildman–Crippen LogP) is 5.15. The topological polar surface area (TPSA) is 37.3 Å². The summed E-state index contributed by atoms with van der Waals surface area (Å²) < 4.78 is 2.32. The van der Waals surface area contributed by atoms with Gasteiger partial charge in [0.2, 0.25) is 0 Å². The number of rotatable bonds is 3. The van der Waals surface area contributed by atoms with Gasteiger partial charge in [0.1, 0.15) is 0 Å². The number of hydrogen-bond acceptors (Lipinski definition) is 1. The maximum Gasteiger partial charge on any atom is 0.322 e. The maximum atomic E-state index is 12.9. The highest BCUT2D eigenvalue weighted by Crippen LogP contribution is 2.32. The highest BCUT2D eigenvalue weighted by molar-refractivity contribution is 6.33. The van der Waals surface area contributed by atoms with Crippen molar-refractivity contribution in [2.24, 2.45) is 0 Å². The molecule has 2 heterocycles. The molecule has 0 fully saturated rings. The Morgan fingerprint density at radius 3 is 2.75 bits per heavy atom. The summed E-state index contributed by atoms with van der Waals surface area (Å²) >= 11 is 6.26. The molecule has 1 aromatic heterocycles. The highest BCUT2D eigenvalue weighted by Gasteiger charge is 2.31. The minimum atomic E-state index is -0.0793. The number of carbonyl (C=O) groups excluding carboxylic acids is 1. The molecule has 2 amide bonds. The van der Waals surface area contributed by atoms with Gasteiger partial charge in [-0.05, 0) is 50.1 Å². The van der Waals surface area contributed by atoms with Crippen LogP contribution in [0.4, 0.5) is 10.5 Å². The first-order valence-corrected chi connectivity index (χ1v) is 8.89. The fraction of sp³-hybridized carbons (Fsp3) is 0.421. The summed E-state index contributed by atoms with van der Waals surface area (Å²) in [5, 5.41) is 3.55. The summed E-state index contributed by atoms with van der Waals surface area (Å²) in [4.78, 5) is 14.8. The van der Waals surface area contributed by atoms with Crippen molar-refractivity contribution in [1.82, 2.24) is 9.47 Å². The molecule has 1 N–H and O–H groups in total. The van der Waals surface area contributed by atoms with Crippen molar-refractivity contribution in [3.63, 3.8) is 0 Å². The van der Waals surface area contributed by atoms with Gasteiger partial charge in [-0.15, -0.1) is 0 Å². The molecule has 3 rings (SSSR count). The van der Waals surface area contributed by atoms with Gasteiger partial charge in [-0.2, -0.15) is 0 Å². The average molecular weight is 346 g/mol. The largest absolute Gasteiger partial charge is 0.345 e. The van der Waals surface area contributed by atoms with Crippen molar-refractivity contribution >= 4 is 23.3 Å². The quantitative estimate of drug-likeness (QED) is 0.820. The second-order valence-corrected chi connectivity index (χ2v) is 6.87. The molecule has 1 atom stereocenters. The number of halogens is 1. The lowest BCUT2D eigenvalue weighted by atomic mass is 10.0. The Labute approximate surface area is 148 Å². The summed E-state index contributed by atoms with van der Waals surface area (Å²) in [6.07, 6.45) is 1.99. The van der Waals surface area contributed by atoms with Gasteiger partial charge in [-0.1, -0.05) is 31.0 Å². The van der Waals surface area contributed by atoms with Gasteiger partial charge in [0.05, 0.1) is 16.8 Å². The van der Waals surface area contributed by atoms with Gasteiger partial charge in [0, 0.05) is 24.5 Å². The van der Waals surface area contributed by atoms with Crippen LogP contribution in [-0.2, 0) is 6.54 Å². The summed E-state index contributed by atoms with van der Waals surface area (Å²) in [6, 6.07) is 10.00. The molecule has 0 saturated heterocycles. The molecule has 4 nitrogen and oxygen atoms in total. The zero-order valence-electron chi connectivity index (χ0n) is 14.5. The van der Waals surface area contributed by atoms with Gasteiger partial charge < -0.3 is 14.8 Å². The molecule has 128 valence electrons. The molecule has 0 radical (unpaired) electrons. The van der Waals surface area contributed by atoms with Crippen molar-refractivity contribution in [1.29, 1.82) is 0 Å². The van der Waals surface area contributed by atoms with Crippen molar-refractivity contribution < 1.29 is 4.79 Å². The number of aromatic nitrogens is 1. The zero-order valence-corrected chi connectivity index (χ0v) is 15.2. The van der Waals surface area contributed by atoms with Crippen LogP contribution in [0.25, 0.3) is 0 Å². The van der Waals surface area contributed by atoms with Crippen molar-refractivity contribution in [3.8, 4) is 0 Å². The first-order valence-electron chi connectivity index (χ1n) is 8.51. The van der Waals surface area contributed by atoms with E-state index in [0.717, 1.165) is 24.9 Å². The van der Waals surface area contributed by atoms with E-state index in [9.17, 15) is 4.79 Å². The highest BCUT2D eigenvalue weighted by atomic mass is 35.5. The summed E-state index contributed by atoms with van der Waals surface area (Å²) in [6.45, 7) is 7.80. The Kier molecular flexibility index (Phi) is 4.86. The molecule has 1 aliphatic heterocycles. The number of benzene rings is 1. The first-order chi connectivity index (χ1) is 11.5. The Morgan fingerprint density at radius 2 is 2.04 bits per heavy atom. The molecule has 1 aliphatic rings. The van der Waals surface area contributed by atoms with E-state index >= 15 is 0 Å². The molecular weight excluding hydrogens is 322 g/mol. The van der Waals surface area contributed by atoms with Crippen LogP contribution in [0, 0.1) is 13.8 Å². The monoisotopic (exact) mass is 345 g/mol. The van der Waals surface area contributed by atoms with E-state index in [0.29, 0.717) is 17.3 Å². The lowest BCUT2D eigenvalue weighted by Crippen LogP contribution is -2.44. The molecule has 24 heavy (non-hydrogen) atoms. The fourth-order valence-corrected chi connectivity index (χ4v) is 3.72. The fourth-order valence-electron chi connectivity index (χ4n) is 3.44. The number of urea groups is 1. The molecule has 1 aromatic carbocycles. The van der Waals surface area contributed by atoms with E-state index in [1.54, 1.807) is 0 Å². The lowest BCUT2D eigenvalue weighted by molar-refractivity contribution is 0.162. The molecular formula is C19H24ClN3O. The lowest BCUT2D eigenvalue weighted by Gasteiger charge is -2.37. The van der Waals surface area contributed by atoms with Crippen molar-refractivity contribution in [2.75, 3.05) is 11.9 Å². The van der Waals surface area contributed by atoms with E-state index < -0.39 is 0 Å². The van der Waals surface area contributed by atoms with Crippen LogP contribution in [0.15, 0.2) is 30.3 Å². The normalized spacial score (nSPS) is 16.8. The van der Waals surface area contributed by atoms with Crippen LogP contribution in [0.2, 0.25) is 5.02 Å². The van der Waals surface area contributed by atoms with Gasteiger partial charge in [0.25, 0.3) is 0 Å². The third kappa shape index (κ3) is 3.16. The van der Waals surface area contributed by atoms with E-state index in [1.165, 1.54) is 11.4 Å². The molecule has 0 spiro atoms. The van der Waals surface area contributed by atoms with E-state index in [-0.39, 0.29) is 12.1 Å². The van der Waals surface area contributed by atoms with Crippen LogP contribution in [0.5, 0.6) is 0 Å². The minimum absolute atomic E-state index is 0.0793. The SMILES string of the molecule is CCC[C@@H]1c2ccc(C)n2CCN1C(=O)Nc1ccc(C)cc1Cl. The molecule has 0 unspecified atom stereocenters. The second-order valence-electron chi connectivity index (χ2n) is 6.46. The predicted molar refractivity (Wildman–Crippen MR) is 98.7 cm³/mol. The van der Waals surface area contributed by atoms with E-state index in [4.69, 9.17) is 11.6 Å². The Hall–Kier alpha value is -1.94. The summed E-state index contributed by atoms with van der Waals surface area (Å²) in [7, 11) is 0. The minimum Gasteiger partial charge on any atom is -0.345 e. The standard InChI is InChI=1S/C19H24ClN3O/c1-4-5-17-18-9-7-14(3)22(18)10-11-23(17)19(24)21-16-8-6-13(2)12-15(16)20/h6-9,12,17H,4-5,10-11H2,1-3H3,(H,21,24)/t17-/m1/s1. The smallest absolute Gasteiger partial charge is 0.322 e. The number of aryl methyl sites for hydroxylation is 2. The molecule has 0 saturated carbocycles. The third-order valence-electron chi connectivity index (χ3n) is 4.70. The van der Waals surface area contributed by atoms with Gasteiger partial charge in [0.15, 0.2) is 0 Å². The van der Waals surface area contributed by atoms with Gasteiger partial charge in [-0.3, -0.25) is 0 Å². The van der Waals surface area contributed by atoms with Crippen LogP contribution in [0.1, 0.15) is 42.8 Å². The number of nitrogens with one attached hydrogen (secondary N) is 1. The van der Waals surface area contributed by atoms with Gasteiger partial charge >= 0.3 is 6.03 Å². The van der Waals surface area contributed by atoms with Crippen LogP contribution >= 0.6 is 11.6 Å². The number of hydrogen-bond donors (Lipinski definition) is 1. The van der Waals surface area contributed by atoms with Crippen molar-refractivity contribution in [3.05, 3.63) is 52.3 Å². The zero-order chi connectivity index (χ0) is 17.3. The number of amides is 2. The maximum absolute atomic E-state index is 12.9. The summed E-state index contributed by atoms with van der Waals surface area (Å²) in [5.74, 6) is 0. The van der Waals surface area contributed by atoms with Crippen LogP contribution < -0.4 is 5.32 Å². The van der Waals surface area contributed by atoms with Gasteiger partial charge in [-0.25, -0.2) is 4.79 Å². The Balaban J connectivity index is 1.83. The summed E-state index contributed by atoms with van der Waals surface area (Å²) in [5.41, 5.74) is 4.23. The third-order valence-corrected chi connectivity index (χ3v) is 5.02. The molecule has 2 aromatic rings. The number of carbonyl (C=O) groups is 1. The number of nitrogens with zero attached hydrogens (tertiary/aromatic N) is 2. The van der Waals surface area contributed by atoms with Crippen LogP contribution in [-0.4, -0.2) is 22.0 Å². The number of fused-ring (bicyclic) bond motifs is 1. The molecule has 5 heteroatoms. The first kappa shape index (κ1) is 16.9. The Bertz CT molecular complexity index is 753. The van der Waals surface area contributed by atoms with Crippen molar-refractivity contribution in [2.45, 2.75) is 46.2 Å². The molecule has 0 bridgehead atoms. The van der Waals surface area contributed by atoms with E-state index in [1.807, 2.05) is 30.0 Å². The Morgan fingerprint density at radius 1 is 1.25 bits per heavy atom. The van der Waals surface area contributed by atoms with Crippen LogP contribution in [0.3, 0.4) is 0 Å². The molecule has 0 aliphatic carbocycles. The average Bonchev–Trinajstić information content (AvgIpc) is 2.92. The second kappa shape index (κ2) is 6.89. The van der Waals surface area contributed by atoms with E-state index in [2.05, 4.69) is 35.9 Å². The number of anilines is 1.